The number of aliphatic imine (C=N–C) groups is 1. The Morgan fingerprint density at radius 1 is 1.33 bits per heavy atom. The maximum atomic E-state index is 11.7. The minimum absolute atomic E-state index is 0. The standard InChI is InChI=1S/C16H32N4O3.HI/c1-4-17-15(19-11-14(22)18-9-10-23-3)20-12-16(2)8-6-5-7-13(16)21;/h13,21H,4-12H2,1-3H3,(H,18,22)(H2,17,19,20);1H. The van der Waals surface area contributed by atoms with E-state index in [0.717, 1.165) is 32.2 Å². The number of carbonyl (C=O) groups is 1. The Morgan fingerprint density at radius 2 is 2.08 bits per heavy atom. The molecule has 1 aliphatic carbocycles. The van der Waals surface area contributed by atoms with Gasteiger partial charge in [0.15, 0.2) is 5.96 Å². The summed E-state index contributed by atoms with van der Waals surface area (Å²) in [6, 6.07) is 0. The van der Waals surface area contributed by atoms with E-state index in [1.807, 2.05) is 6.92 Å². The Hall–Kier alpha value is -0.610. The van der Waals surface area contributed by atoms with Gasteiger partial charge in [0.05, 0.1) is 12.7 Å². The van der Waals surface area contributed by atoms with Gasteiger partial charge in [0.25, 0.3) is 0 Å². The highest BCUT2D eigenvalue weighted by atomic mass is 127. The SMILES string of the molecule is CCNC(=NCC(=O)NCCOC)NCC1(C)CCCCC1O.I. The van der Waals surface area contributed by atoms with Gasteiger partial charge in [-0.15, -0.1) is 24.0 Å². The number of hydrogen-bond acceptors (Lipinski definition) is 4. The summed E-state index contributed by atoms with van der Waals surface area (Å²) in [4.78, 5) is 16.0. The molecule has 8 heteroatoms. The van der Waals surface area contributed by atoms with Gasteiger partial charge in [0.1, 0.15) is 6.54 Å². The van der Waals surface area contributed by atoms with E-state index in [-0.39, 0.29) is 47.9 Å². The molecule has 4 N–H and O–H groups in total. The van der Waals surface area contributed by atoms with Gasteiger partial charge in [-0.3, -0.25) is 4.79 Å². The molecule has 142 valence electrons. The monoisotopic (exact) mass is 456 g/mol. The first-order valence-electron chi connectivity index (χ1n) is 8.47. The minimum Gasteiger partial charge on any atom is -0.392 e. The molecule has 0 heterocycles. The summed E-state index contributed by atoms with van der Waals surface area (Å²) >= 11 is 0. The summed E-state index contributed by atoms with van der Waals surface area (Å²) in [6.45, 7) is 6.49. The van der Waals surface area contributed by atoms with Gasteiger partial charge in [0, 0.05) is 32.2 Å². The molecule has 24 heavy (non-hydrogen) atoms. The number of aliphatic hydroxyl groups is 1. The number of nitrogens with one attached hydrogen (secondary N) is 3. The van der Waals surface area contributed by atoms with Crippen molar-refractivity contribution in [2.75, 3.05) is 39.9 Å². The summed E-state index contributed by atoms with van der Waals surface area (Å²) in [5.41, 5.74) is -0.144. The van der Waals surface area contributed by atoms with Crippen LogP contribution in [-0.2, 0) is 9.53 Å². The van der Waals surface area contributed by atoms with Crippen molar-refractivity contribution in [2.45, 2.75) is 45.6 Å². The van der Waals surface area contributed by atoms with E-state index in [1.165, 1.54) is 0 Å². The lowest BCUT2D eigenvalue weighted by Crippen LogP contribution is -2.48. The van der Waals surface area contributed by atoms with E-state index in [2.05, 4.69) is 27.9 Å². The molecule has 0 radical (unpaired) electrons. The average molecular weight is 456 g/mol. The summed E-state index contributed by atoms with van der Waals surface area (Å²) < 4.78 is 4.88. The van der Waals surface area contributed by atoms with Crippen molar-refractivity contribution < 1.29 is 14.6 Å². The summed E-state index contributed by atoms with van der Waals surface area (Å²) in [5, 5.41) is 19.4. The van der Waals surface area contributed by atoms with E-state index in [1.54, 1.807) is 7.11 Å². The molecule has 1 rings (SSSR count). The second-order valence-corrected chi connectivity index (χ2v) is 6.31. The van der Waals surface area contributed by atoms with Crippen LogP contribution in [-0.4, -0.2) is 63.0 Å². The number of carbonyl (C=O) groups excluding carboxylic acids is 1. The van der Waals surface area contributed by atoms with Crippen molar-refractivity contribution in [2.24, 2.45) is 10.4 Å². The smallest absolute Gasteiger partial charge is 0.241 e. The quantitative estimate of drug-likeness (QED) is 0.188. The Bertz CT molecular complexity index is 396. The highest BCUT2D eigenvalue weighted by Gasteiger charge is 2.35. The maximum Gasteiger partial charge on any atom is 0.241 e. The number of guanidine groups is 1. The third-order valence-corrected chi connectivity index (χ3v) is 4.29. The van der Waals surface area contributed by atoms with Gasteiger partial charge in [-0.2, -0.15) is 0 Å². The third-order valence-electron chi connectivity index (χ3n) is 4.29. The van der Waals surface area contributed by atoms with Crippen LogP contribution in [0.15, 0.2) is 4.99 Å². The van der Waals surface area contributed by atoms with E-state index in [0.29, 0.717) is 25.7 Å². The normalized spacial score (nSPS) is 24.0. The molecule has 1 amide bonds. The van der Waals surface area contributed by atoms with E-state index >= 15 is 0 Å². The fourth-order valence-electron chi connectivity index (χ4n) is 2.71. The molecule has 0 aliphatic heterocycles. The van der Waals surface area contributed by atoms with Crippen molar-refractivity contribution in [3.63, 3.8) is 0 Å². The molecule has 7 nitrogen and oxygen atoms in total. The van der Waals surface area contributed by atoms with Crippen LogP contribution >= 0.6 is 24.0 Å². The molecule has 0 saturated heterocycles. The van der Waals surface area contributed by atoms with Crippen LogP contribution in [0.25, 0.3) is 0 Å². The van der Waals surface area contributed by atoms with Crippen molar-refractivity contribution in [1.82, 2.24) is 16.0 Å². The van der Waals surface area contributed by atoms with Crippen LogP contribution in [0.3, 0.4) is 0 Å². The predicted octanol–water partition coefficient (Wildman–Crippen LogP) is 0.863. The Morgan fingerprint density at radius 3 is 2.71 bits per heavy atom. The molecular weight excluding hydrogens is 423 g/mol. The van der Waals surface area contributed by atoms with Crippen LogP contribution < -0.4 is 16.0 Å². The van der Waals surface area contributed by atoms with Gasteiger partial charge in [0.2, 0.25) is 5.91 Å². The Labute approximate surface area is 162 Å². The van der Waals surface area contributed by atoms with E-state index < -0.39 is 0 Å². The molecule has 0 bridgehead atoms. The fraction of sp³-hybridized carbons (Fsp3) is 0.875. The topological polar surface area (TPSA) is 95.0 Å². The van der Waals surface area contributed by atoms with Crippen molar-refractivity contribution in [3.05, 3.63) is 0 Å². The third kappa shape index (κ3) is 8.48. The summed E-state index contributed by atoms with van der Waals surface area (Å²) in [6.07, 6.45) is 3.80. The van der Waals surface area contributed by atoms with Gasteiger partial charge < -0.3 is 25.8 Å². The zero-order chi connectivity index (χ0) is 17.1. The van der Waals surface area contributed by atoms with Gasteiger partial charge in [-0.25, -0.2) is 4.99 Å². The molecule has 2 atom stereocenters. The number of rotatable bonds is 8. The first-order valence-corrected chi connectivity index (χ1v) is 8.47. The Kier molecular flexibility index (Phi) is 12.4. The highest BCUT2D eigenvalue weighted by molar-refractivity contribution is 14.0. The summed E-state index contributed by atoms with van der Waals surface area (Å²) in [5.74, 6) is 0.469. The number of amides is 1. The fourth-order valence-corrected chi connectivity index (χ4v) is 2.71. The zero-order valence-corrected chi connectivity index (χ0v) is 17.4. The Balaban J connectivity index is 0.00000529. The molecule has 1 fully saturated rings. The van der Waals surface area contributed by atoms with E-state index in [4.69, 9.17) is 4.74 Å². The molecule has 1 aliphatic rings. The van der Waals surface area contributed by atoms with E-state index in [9.17, 15) is 9.90 Å². The second-order valence-electron chi connectivity index (χ2n) is 6.31. The molecule has 0 aromatic heterocycles. The maximum absolute atomic E-state index is 11.7. The number of halogens is 1. The molecule has 2 unspecified atom stereocenters. The van der Waals surface area contributed by atoms with Crippen molar-refractivity contribution >= 4 is 35.8 Å². The predicted molar refractivity (Wildman–Crippen MR) is 107 cm³/mol. The van der Waals surface area contributed by atoms with Crippen molar-refractivity contribution in [3.8, 4) is 0 Å². The molecule has 0 aromatic carbocycles. The van der Waals surface area contributed by atoms with Gasteiger partial charge in [-0.1, -0.05) is 19.8 Å². The lowest BCUT2D eigenvalue weighted by atomic mass is 9.73. The van der Waals surface area contributed by atoms with Crippen LogP contribution in [0.5, 0.6) is 0 Å². The minimum atomic E-state index is -0.288. The number of hydrogen-bond donors (Lipinski definition) is 4. The van der Waals surface area contributed by atoms with Crippen LogP contribution in [0.1, 0.15) is 39.5 Å². The van der Waals surface area contributed by atoms with Crippen LogP contribution in [0.2, 0.25) is 0 Å². The highest BCUT2D eigenvalue weighted by Crippen LogP contribution is 2.35. The van der Waals surface area contributed by atoms with Crippen LogP contribution in [0.4, 0.5) is 0 Å². The number of ether oxygens (including phenoxy) is 1. The average Bonchev–Trinajstić information content (AvgIpc) is 2.53. The molecular formula is C16H33IN4O3. The molecule has 0 aromatic rings. The molecule has 0 spiro atoms. The van der Waals surface area contributed by atoms with Gasteiger partial charge in [-0.05, 0) is 19.8 Å². The lowest BCUT2D eigenvalue weighted by molar-refractivity contribution is -0.119. The first-order chi connectivity index (χ1) is 11.0. The van der Waals surface area contributed by atoms with Crippen LogP contribution in [0, 0.1) is 5.41 Å². The zero-order valence-electron chi connectivity index (χ0n) is 15.1. The second kappa shape index (κ2) is 12.7. The lowest BCUT2D eigenvalue weighted by Gasteiger charge is -2.38. The van der Waals surface area contributed by atoms with Gasteiger partial charge >= 0.3 is 0 Å². The molecule has 1 saturated carbocycles. The number of methoxy groups -OCH3 is 1. The number of nitrogens with zero attached hydrogens (tertiary/aromatic N) is 1. The largest absolute Gasteiger partial charge is 0.392 e. The van der Waals surface area contributed by atoms with Crippen molar-refractivity contribution in [1.29, 1.82) is 0 Å². The first kappa shape index (κ1) is 23.4. The summed E-state index contributed by atoms with van der Waals surface area (Å²) in [7, 11) is 1.60. The number of aliphatic hydroxyl groups excluding tert-OH is 1.